The van der Waals surface area contributed by atoms with E-state index in [0.29, 0.717) is 16.2 Å². The average molecular weight is 487 g/mol. The molecular formula is C23H17F4N5O3. The summed E-state index contributed by atoms with van der Waals surface area (Å²) in [5.41, 5.74) is -1.40. The molecule has 0 aliphatic rings. The third kappa shape index (κ3) is 5.21. The lowest BCUT2D eigenvalue weighted by molar-refractivity contribution is -0.143. The Morgan fingerprint density at radius 2 is 1.77 bits per heavy atom. The Kier molecular flexibility index (Phi) is 6.36. The van der Waals surface area contributed by atoms with E-state index < -0.39 is 29.3 Å². The smallest absolute Gasteiger partial charge is 0.435 e. The second kappa shape index (κ2) is 9.41. The Morgan fingerprint density at radius 3 is 2.40 bits per heavy atom. The van der Waals surface area contributed by atoms with Gasteiger partial charge in [-0.25, -0.2) is 14.1 Å². The summed E-state index contributed by atoms with van der Waals surface area (Å²) in [5.74, 6) is -0.714. The van der Waals surface area contributed by atoms with E-state index in [0.717, 1.165) is 29.8 Å². The van der Waals surface area contributed by atoms with Crippen molar-refractivity contribution in [2.75, 3.05) is 12.4 Å². The molecule has 0 spiro atoms. The highest BCUT2D eigenvalue weighted by Gasteiger charge is 2.42. The van der Waals surface area contributed by atoms with E-state index in [-0.39, 0.29) is 17.3 Å². The summed E-state index contributed by atoms with van der Waals surface area (Å²) < 4.78 is 65.8. The van der Waals surface area contributed by atoms with Crippen LogP contribution in [-0.4, -0.2) is 33.0 Å². The predicted octanol–water partition coefficient (Wildman–Crippen LogP) is 5.18. The number of methoxy groups -OCH3 is 1. The van der Waals surface area contributed by atoms with Gasteiger partial charge < -0.3 is 14.8 Å². The van der Waals surface area contributed by atoms with Crippen molar-refractivity contribution in [3.63, 3.8) is 0 Å². The number of amides is 1. The number of halogens is 4. The van der Waals surface area contributed by atoms with Crippen LogP contribution in [0.5, 0.6) is 17.4 Å². The topological polar surface area (TPSA) is 91.2 Å². The average Bonchev–Trinajstić information content (AvgIpc) is 3.28. The fourth-order valence-corrected chi connectivity index (χ4v) is 3.13. The first-order chi connectivity index (χ1) is 16.7. The van der Waals surface area contributed by atoms with Gasteiger partial charge in [0.1, 0.15) is 5.82 Å². The summed E-state index contributed by atoms with van der Waals surface area (Å²) in [6.45, 7) is 1.89. The summed E-state index contributed by atoms with van der Waals surface area (Å²) in [4.78, 5) is 16.7. The number of aromatic nitrogens is 4. The Labute approximate surface area is 196 Å². The number of benzene rings is 2. The van der Waals surface area contributed by atoms with E-state index in [1.165, 1.54) is 25.4 Å². The zero-order valence-corrected chi connectivity index (χ0v) is 18.3. The van der Waals surface area contributed by atoms with Crippen LogP contribution in [-0.2, 0) is 6.18 Å². The second-order valence-electron chi connectivity index (χ2n) is 7.27. The molecule has 0 saturated carbocycles. The van der Waals surface area contributed by atoms with E-state index in [4.69, 9.17) is 9.47 Å². The third-order valence-corrected chi connectivity index (χ3v) is 4.75. The molecule has 0 bridgehead atoms. The molecule has 0 aliphatic carbocycles. The fraction of sp³-hybridized carbons (Fsp3) is 0.130. The number of hydrogen-bond donors (Lipinski definition) is 1. The van der Waals surface area contributed by atoms with Crippen LogP contribution in [0.15, 0.2) is 60.8 Å². The number of nitrogens with zero attached hydrogens (tertiary/aromatic N) is 4. The predicted molar refractivity (Wildman–Crippen MR) is 116 cm³/mol. The molecule has 1 N–H and O–H groups in total. The molecule has 4 rings (SSSR count). The zero-order chi connectivity index (χ0) is 25.2. The molecule has 0 radical (unpaired) electrons. The van der Waals surface area contributed by atoms with Crippen molar-refractivity contribution in [1.82, 2.24) is 20.0 Å². The van der Waals surface area contributed by atoms with Gasteiger partial charge in [0.2, 0.25) is 5.88 Å². The van der Waals surface area contributed by atoms with Gasteiger partial charge in [0.25, 0.3) is 5.91 Å². The third-order valence-electron chi connectivity index (χ3n) is 4.75. The molecule has 2 aromatic carbocycles. The summed E-state index contributed by atoms with van der Waals surface area (Å²) in [5, 5.41) is 9.16. The Balaban J connectivity index is 1.55. The molecule has 0 saturated heterocycles. The molecule has 2 heterocycles. The lowest BCUT2D eigenvalue weighted by Crippen LogP contribution is -2.21. The SMILES string of the molecule is COc1cc(C)ccc1Oc1ccc(NC(=O)c2nnn(-c3ccc(F)cc3)c2C(F)(F)F)cn1. The number of hydrogen-bond acceptors (Lipinski definition) is 6. The Bertz CT molecular complexity index is 1350. The Hall–Kier alpha value is -4.48. The lowest BCUT2D eigenvalue weighted by Gasteiger charge is -2.12. The molecule has 2 aromatic heterocycles. The molecule has 180 valence electrons. The van der Waals surface area contributed by atoms with Crippen molar-refractivity contribution in [1.29, 1.82) is 0 Å². The summed E-state index contributed by atoms with van der Waals surface area (Å²) >= 11 is 0. The minimum absolute atomic E-state index is 0.0997. The molecule has 0 atom stereocenters. The van der Waals surface area contributed by atoms with Crippen molar-refractivity contribution in [2.24, 2.45) is 0 Å². The first-order valence-electron chi connectivity index (χ1n) is 10.0. The number of carbonyl (C=O) groups is 1. The number of pyridine rings is 1. The van der Waals surface area contributed by atoms with Crippen molar-refractivity contribution < 1.29 is 31.8 Å². The zero-order valence-electron chi connectivity index (χ0n) is 18.3. The number of rotatable bonds is 6. The number of aryl methyl sites for hydroxylation is 1. The number of carbonyl (C=O) groups excluding carboxylic acids is 1. The number of ether oxygens (including phenoxy) is 2. The second-order valence-corrected chi connectivity index (χ2v) is 7.27. The van der Waals surface area contributed by atoms with Gasteiger partial charge in [-0.15, -0.1) is 5.10 Å². The number of nitrogens with one attached hydrogen (secondary N) is 1. The number of anilines is 1. The first-order valence-corrected chi connectivity index (χ1v) is 10.0. The maximum atomic E-state index is 13.8. The summed E-state index contributed by atoms with van der Waals surface area (Å²) in [6.07, 6.45) is -3.75. The molecule has 4 aromatic rings. The van der Waals surface area contributed by atoms with Crippen LogP contribution >= 0.6 is 0 Å². The van der Waals surface area contributed by atoms with Crippen LogP contribution in [0, 0.1) is 12.7 Å². The van der Waals surface area contributed by atoms with Gasteiger partial charge in [-0.1, -0.05) is 11.3 Å². The van der Waals surface area contributed by atoms with Gasteiger partial charge >= 0.3 is 6.18 Å². The van der Waals surface area contributed by atoms with E-state index >= 15 is 0 Å². The van der Waals surface area contributed by atoms with Crippen LogP contribution < -0.4 is 14.8 Å². The molecule has 12 heteroatoms. The molecule has 35 heavy (non-hydrogen) atoms. The highest BCUT2D eigenvalue weighted by Crippen LogP contribution is 2.34. The Morgan fingerprint density at radius 1 is 1.03 bits per heavy atom. The minimum Gasteiger partial charge on any atom is -0.493 e. The van der Waals surface area contributed by atoms with Gasteiger partial charge in [-0.05, 0) is 55.0 Å². The van der Waals surface area contributed by atoms with E-state index in [9.17, 15) is 22.4 Å². The molecule has 1 amide bonds. The highest BCUT2D eigenvalue weighted by molar-refractivity contribution is 6.03. The lowest BCUT2D eigenvalue weighted by atomic mass is 10.2. The van der Waals surface area contributed by atoms with Crippen molar-refractivity contribution >= 4 is 11.6 Å². The molecule has 0 fully saturated rings. The monoisotopic (exact) mass is 487 g/mol. The van der Waals surface area contributed by atoms with Crippen LogP contribution in [0.25, 0.3) is 5.69 Å². The van der Waals surface area contributed by atoms with Crippen LogP contribution in [0.3, 0.4) is 0 Å². The van der Waals surface area contributed by atoms with Gasteiger partial charge in [-0.2, -0.15) is 13.2 Å². The van der Waals surface area contributed by atoms with Crippen LogP contribution in [0.2, 0.25) is 0 Å². The molecule has 0 aliphatic heterocycles. The van der Waals surface area contributed by atoms with Gasteiger partial charge in [0.15, 0.2) is 22.9 Å². The van der Waals surface area contributed by atoms with E-state index in [1.807, 2.05) is 13.0 Å². The number of alkyl halides is 3. The standard InChI is InChI=1S/C23H17F4N5O3/c1-13-3-9-17(18(11-13)34-2)35-19-10-6-15(12-28-19)29-22(33)20-21(23(25,26)27)32(31-30-20)16-7-4-14(24)5-8-16/h3-12H,1-2H3,(H,29,33). The van der Waals surface area contributed by atoms with Crippen molar-refractivity contribution in [2.45, 2.75) is 13.1 Å². The van der Waals surface area contributed by atoms with Gasteiger partial charge in [0.05, 0.1) is 24.7 Å². The molecular weight excluding hydrogens is 470 g/mol. The van der Waals surface area contributed by atoms with Crippen LogP contribution in [0.1, 0.15) is 21.7 Å². The summed E-state index contributed by atoms with van der Waals surface area (Å²) in [6, 6.07) is 12.3. The quantitative estimate of drug-likeness (QED) is 0.377. The van der Waals surface area contributed by atoms with Gasteiger partial charge in [0, 0.05) is 6.07 Å². The first kappa shape index (κ1) is 23.7. The van der Waals surface area contributed by atoms with E-state index in [1.54, 1.807) is 12.1 Å². The van der Waals surface area contributed by atoms with E-state index in [2.05, 4.69) is 20.6 Å². The van der Waals surface area contributed by atoms with Crippen molar-refractivity contribution in [3.8, 4) is 23.1 Å². The highest BCUT2D eigenvalue weighted by atomic mass is 19.4. The van der Waals surface area contributed by atoms with Crippen LogP contribution in [0.4, 0.5) is 23.2 Å². The largest absolute Gasteiger partial charge is 0.493 e. The molecule has 8 nitrogen and oxygen atoms in total. The normalized spacial score (nSPS) is 11.3. The van der Waals surface area contributed by atoms with Gasteiger partial charge in [-0.3, -0.25) is 4.79 Å². The van der Waals surface area contributed by atoms with Crippen molar-refractivity contribution in [3.05, 3.63) is 83.6 Å². The maximum Gasteiger partial charge on any atom is 0.435 e. The maximum absolute atomic E-state index is 13.8. The minimum atomic E-state index is -4.96. The summed E-state index contributed by atoms with van der Waals surface area (Å²) in [7, 11) is 1.50. The molecule has 0 unspecified atom stereocenters. The fourth-order valence-electron chi connectivity index (χ4n) is 3.13.